The van der Waals surface area contributed by atoms with Gasteiger partial charge in [-0.25, -0.2) is 0 Å². The monoisotopic (exact) mass is 285 g/mol. The summed E-state index contributed by atoms with van der Waals surface area (Å²) >= 11 is 0. The van der Waals surface area contributed by atoms with Crippen molar-refractivity contribution in [1.82, 2.24) is 5.32 Å². The molecule has 1 N–H and O–H groups in total. The fraction of sp³-hybridized carbons (Fsp3) is 0.333. The summed E-state index contributed by atoms with van der Waals surface area (Å²) in [6, 6.07) is 16.9. The molecule has 0 fully saturated rings. The maximum atomic E-state index is 5.27. The second-order valence-corrected chi connectivity index (χ2v) is 5.13. The molecule has 3 nitrogen and oxygen atoms in total. The van der Waals surface area contributed by atoms with Crippen LogP contribution in [0.1, 0.15) is 29.7 Å². The van der Waals surface area contributed by atoms with Crippen molar-refractivity contribution in [2.75, 3.05) is 14.2 Å². The molecule has 0 heterocycles. The molecule has 2 rings (SSSR count). The summed E-state index contributed by atoms with van der Waals surface area (Å²) in [5.41, 5.74) is 3.69. The van der Waals surface area contributed by atoms with E-state index in [1.54, 1.807) is 14.2 Å². The Morgan fingerprint density at radius 2 is 1.76 bits per heavy atom. The molecule has 0 aromatic heterocycles. The molecule has 0 amide bonds. The number of nitrogens with one attached hydrogen (secondary N) is 1. The molecule has 0 bridgehead atoms. The fourth-order valence-corrected chi connectivity index (χ4v) is 2.30. The Bertz CT molecular complexity index is 569. The van der Waals surface area contributed by atoms with Gasteiger partial charge < -0.3 is 14.8 Å². The lowest BCUT2D eigenvalue weighted by molar-refractivity contribution is 0.185. The van der Waals surface area contributed by atoms with E-state index in [1.807, 2.05) is 12.1 Å². The summed E-state index contributed by atoms with van der Waals surface area (Å²) in [7, 11) is 3.41. The number of benzene rings is 2. The summed E-state index contributed by atoms with van der Waals surface area (Å²) in [5, 5.41) is 3.54. The van der Waals surface area contributed by atoms with Crippen molar-refractivity contribution < 1.29 is 9.47 Å². The van der Waals surface area contributed by atoms with Gasteiger partial charge in [-0.15, -0.1) is 0 Å². The molecule has 2 aromatic carbocycles. The first-order chi connectivity index (χ1) is 10.2. The van der Waals surface area contributed by atoms with Gasteiger partial charge in [-0.05, 0) is 35.7 Å². The van der Waals surface area contributed by atoms with Crippen molar-refractivity contribution >= 4 is 0 Å². The van der Waals surface area contributed by atoms with Gasteiger partial charge in [0.25, 0.3) is 0 Å². The summed E-state index contributed by atoms with van der Waals surface area (Å²) in [6.07, 6.45) is 0. The quantitative estimate of drug-likeness (QED) is 0.841. The highest BCUT2D eigenvalue weighted by Crippen LogP contribution is 2.19. The molecule has 0 saturated heterocycles. The van der Waals surface area contributed by atoms with Crippen molar-refractivity contribution in [3.05, 3.63) is 65.2 Å². The second kappa shape index (κ2) is 7.81. The molecule has 112 valence electrons. The Hall–Kier alpha value is -1.84. The van der Waals surface area contributed by atoms with Crippen molar-refractivity contribution in [3.63, 3.8) is 0 Å². The van der Waals surface area contributed by atoms with Gasteiger partial charge in [-0.1, -0.05) is 36.4 Å². The third-order valence-corrected chi connectivity index (χ3v) is 3.51. The largest absolute Gasteiger partial charge is 0.497 e. The fourth-order valence-electron chi connectivity index (χ4n) is 2.30. The van der Waals surface area contributed by atoms with Gasteiger partial charge >= 0.3 is 0 Å². The topological polar surface area (TPSA) is 30.5 Å². The lowest BCUT2D eigenvalue weighted by Gasteiger charge is -2.15. The minimum absolute atomic E-state index is 0.270. The molecule has 0 aliphatic heterocycles. The minimum Gasteiger partial charge on any atom is -0.497 e. The molecular formula is C18H23NO2. The molecule has 0 aliphatic carbocycles. The van der Waals surface area contributed by atoms with Gasteiger partial charge in [0.15, 0.2) is 0 Å². The third-order valence-electron chi connectivity index (χ3n) is 3.51. The Balaban J connectivity index is 1.96. The van der Waals surface area contributed by atoms with Crippen LogP contribution in [0.3, 0.4) is 0 Å². The van der Waals surface area contributed by atoms with E-state index in [0.717, 1.165) is 12.3 Å². The SMILES string of the molecule is COCc1cccc(CN[C@H](C)c2cccc(OC)c2)c1. The van der Waals surface area contributed by atoms with Crippen molar-refractivity contribution in [2.45, 2.75) is 26.1 Å². The number of methoxy groups -OCH3 is 2. The smallest absolute Gasteiger partial charge is 0.119 e. The zero-order chi connectivity index (χ0) is 15.1. The van der Waals surface area contributed by atoms with Gasteiger partial charge in [0, 0.05) is 19.7 Å². The number of hydrogen-bond acceptors (Lipinski definition) is 3. The summed E-state index contributed by atoms with van der Waals surface area (Å²) < 4.78 is 10.4. The Labute approximate surface area is 126 Å². The van der Waals surface area contributed by atoms with E-state index in [4.69, 9.17) is 9.47 Å². The molecule has 0 unspecified atom stereocenters. The maximum absolute atomic E-state index is 5.27. The van der Waals surface area contributed by atoms with E-state index in [2.05, 4.69) is 48.6 Å². The van der Waals surface area contributed by atoms with Crippen molar-refractivity contribution in [2.24, 2.45) is 0 Å². The van der Waals surface area contributed by atoms with Gasteiger partial charge in [0.1, 0.15) is 5.75 Å². The molecule has 3 heteroatoms. The van der Waals surface area contributed by atoms with E-state index in [9.17, 15) is 0 Å². The minimum atomic E-state index is 0.270. The Morgan fingerprint density at radius 1 is 1.00 bits per heavy atom. The van der Waals surface area contributed by atoms with Crippen LogP contribution in [0.15, 0.2) is 48.5 Å². The first-order valence-corrected chi connectivity index (χ1v) is 7.17. The zero-order valence-corrected chi connectivity index (χ0v) is 12.9. The summed E-state index contributed by atoms with van der Waals surface area (Å²) in [4.78, 5) is 0. The average molecular weight is 285 g/mol. The number of rotatable bonds is 7. The maximum Gasteiger partial charge on any atom is 0.119 e. The molecule has 1 atom stereocenters. The second-order valence-electron chi connectivity index (χ2n) is 5.13. The van der Waals surface area contributed by atoms with E-state index in [0.29, 0.717) is 6.61 Å². The lowest BCUT2D eigenvalue weighted by atomic mass is 10.1. The van der Waals surface area contributed by atoms with Gasteiger partial charge in [0.05, 0.1) is 13.7 Å². The average Bonchev–Trinajstić information content (AvgIpc) is 2.53. The van der Waals surface area contributed by atoms with E-state index in [1.165, 1.54) is 16.7 Å². The molecule has 0 saturated carbocycles. The third kappa shape index (κ3) is 4.59. The van der Waals surface area contributed by atoms with Gasteiger partial charge in [0.2, 0.25) is 0 Å². The first kappa shape index (κ1) is 15.5. The van der Waals surface area contributed by atoms with Crippen LogP contribution in [0, 0.1) is 0 Å². The van der Waals surface area contributed by atoms with Crippen LogP contribution in [-0.2, 0) is 17.9 Å². The predicted octanol–water partition coefficient (Wildman–Crippen LogP) is 3.69. The van der Waals surface area contributed by atoms with Crippen LogP contribution in [0.5, 0.6) is 5.75 Å². The van der Waals surface area contributed by atoms with Crippen LogP contribution in [0.4, 0.5) is 0 Å². The van der Waals surface area contributed by atoms with E-state index >= 15 is 0 Å². The molecular weight excluding hydrogens is 262 g/mol. The van der Waals surface area contributed by atoms with Gasteiger partial charge in [-0.3, -0.25) is 0 Å². The van der Waals surface area contributed by atoms with Crippen LogP contribution < -0.4 is 10.1 Å². The van der Waals surface area contributed by atoms with Gasteiger partial charge in [-0.2, -0.15) is 0 Å². The van der Waals surface area contributed by atoms with Crippen molar-refractivity contribution in [3.8, 4) is 5.75 Å². The highest BCUT2D eigenvalue weighted by atomic mass is 16.5. The standard InChI is InChI=1S/C18H23NO2/c1-14(17-8-5-9-18(11-17)21-3)19-12-15-6-4-7-16(10-15)13-20-2/h4-11,14,19H,12-13H2,1-3H3/t14-/m1/s1. The number of hydrogen-bond donors (Lipinski definition) is 1. The van der Waals surface area contributed by atoms with Crippen molar-refractivity contribution in [1.29, 1.82) is 0 Å². The van der Waals surface area contributed by atoms with Crippen LogP contribution in [0.25, 0.3) is 0 Å². The van der Waals surface area contributed by atoms with Crippen LogP contribution in [0.2, 0.25) is 0 Å². The number of ether oxygens (including phenoxy) is 2. The molecule has 0 aliphatic rings. The molecule has 0 radical (unpaired) electrons. The van der Waals surface area contributed by atoms with Crippen LogP contribution >= 0.6 is 0 Å². The van der Waals surface area contributed by atoms with E-state index < -0.39 is 0 Å². The predicted molar refractivity (Wildman–Crippen MR) is 85.4 cm³/mol. The Kier molecular flexibility index (Phi) is 5.78. The summed E-state index contributed by atoms with van der Waals surface area (Å²) in [5.74, 6) is 0.892. The lowest BCUT2D eigenvalue weighted by Crippen LogP contribution is -2.18. The highest BCUT2D eigenvalue weighted by Gasteiger charge is 2.06. The normalized spacial score (nSPS) is 12.1. The van der Waals surface area contributed by atoms with Crippen LogP contribution in [-0.4, -0.2) is 14.2 Å². The highest BCUT2D eigenvalue weighted by molar-refractivity contribution is 5.30. The van der Waals surface area contributed by atoms with E-state index in [-0.39, 0.29) is 6.04 Å². The molecule has 0 spiro atoms. The Morgan fingerprint density at radius 3 is 2.52 bits per heavy atom. The molecule has 2 aromatic rings. The zero-order valence-electron chi connectivity index (χ0n) is 12.9. The first-order valence-electron chi connectivity index (χ1n) is 7.17. The molecule has 21 heavy (non-hydrogen) atoms. The summed E-state index contributed by atoms with van der Waals surface area (Å²) in [6.45, 7) is 3.64.